The maximum atomic E-state index is 12.7. The lowest BCUT2D eigenvalue weighted by Gasteiger charge is -2.21. The predicted molar refractivity (Wildman–Crippen MR) is 100 cm³/mol. The second-order valence-corrected chi connectivity index (χ2v) is 6.22. The van der Waals surface area contributed by atoms with Gasteiger partial charge in [-0.15, -0.1) is 0 Å². The zero-order chi connectivity index (χ0) is 20.9. The van der Waals surface area contributed by atoms with Crippen molar-refractivity contribution in [3.05, 3.63) is 53.6 Å². The Bertz CT molecular complexity index is 849. The van der Waals surface area contributed by atoms with E-state index in [1.54, 1.807) is 12.1 Å². The lowest BCUT2D eigenvalue weighted by molar-refractivity contribution is -0.137. The highest BCUT2D eigenvalue weighted by Gasteiger charge is 2.30. The van der Waals surface area contributed by atoms with E-state index >= 15 is 0 Å². The summed E-state index contributed by atoms with van der Waals surface area (Å²) >= 11 is 0. The van der Waals surface area contributed by atoms with Crippen LogP contribution in [0.25, 0.3) is 0 Å². The van der Waals surface area contributed by atoms with Crippen molar-refractivity contribution < 1.29 is 27.5 Å². The van der Waals surface area contributed by atoms with Crippen molar-refractivity contribution in [1.82, 2.24) is 0 Å². The van der Waals surface area contributed by atoms with Gasteiger partial charge in [-0.05, 0) is 48.9 Å². The van der Waals surface area contributed by atoms with Gasteiger partial charge in [0.1, 0.15) is 5.75 Å². The summed E-state index contributed by atoms with van der Waals surface area (Å²) < 4.78 is 43.3. The van der Waals surface area contributed by atoms with E-state index in [0.717, 1.165) is 17.7 Å². The quantitative estimate of drug-likeness (QED) is 0.790. The molecule has 0 aliphatic heterocycles. The highest BCUT2D eigenvalue weighted by molar-refractivity contribution is 5.95. The first kappa shape index (κ1) is 21.3. The third-order valence-electron chi connectivity index (χ3n) is 4.08. The summed E-state index contributed by atoms with van der Waals surface area (Å²) in [5, 5.41) is 2.73. The highest BCUT2D eigenvalue weighted by atomic mass is 19.4. The van der Waals surface area contributed by atoms with Gasteiger partial charge in [-0.3, -0.25) is 9.59 Å². The average molecular weight is 394 g/mol. The molecule has 28 heavy (non-hydrogen) atoms. The summed E-state index contributed by atoms with van der Waals surface area (Å²) in [6, 6.07) is 9.57. The first-order valence-corrected chi connectivity index (χ1v) is 8.51. The number of hydrogen-bond acceptors (Lipinski definition) is 3. The molecule has 150 valence electrons. The van der Waals surface area contributed by atoms with E-state index in [0.29, 0.717) is 17.1 Å². The number of aryl methyl sites for hydroxylation is 1. The van der Waals surface area contributed by atoms with E-state index in [4.69, 9.17) is 4.74 Å². The van der Waals surface area contributed by atoms with Gasteiger partial charge in [0.25, 0.3) is 0 Å². The third kappa shape index (κ3) is 5.48. The van der Waals surface area contributed by atoms with Crippen molar-refractivity contribution in [3.8, 4) is 5.75 Å². The second kappa shape index (κ2) is 8.77. The minimum Gasteiger partial charge on any atom is -0.495 e. The molecule has 0 radical (unpaired) electrons. The maximum absolute atomic E-state index is 12.7. The fourth-order valence-electron chi connectivity index (χ4n) is 2.64. The number of rotatable bonds is 6. The summed E-state index contributed by atoms with van der Waals surface area (Å²) in [6.45, 7) is 3.19. The Morgan fingerprint density at radius 3 is 2.29 bits per heavy atom. The summed E-state index contributed by atoms with van der Waals surface area (Å²) in [5.74, 6) is -0.215. The van der Waals surface area contributed by atoms with Crippen molar-refractivity contribution in [3.63, 3.8) is 0 Å². The Morgan fingerprint density at radius 2 is 1.75 bits per heavy atom. The molecule has 0 unspecified atom stereocenters. The van der Waals surface area contributed by atoms with Gasteiger partial charge in [-0.1, -0.05) is 6.07 Å². The largest absolute Gasteiger partial charge is 0.495 e. The molecular formula is C20H21F3N2O3. The molecule has 2 amide bonds. The number of ether oxygens (including phenoxy) is 1. The van der Waals surface area contributed by atoms with Gasteiger partial charge in [0.05, 0.1) is 18.4 Å². The molecule has 2 aromatic rings. The molecule has 0 saturated heterocycles. The summed E-state index contributed by atoms with van der Waals surface area (Å²) in [7, 11) is 1.49. The average Bonchev–Trinajstić information content (AvgIpc) is 2.61. The Hall–Kier alpha value is -3.03. The van der Waals surface area contributed by atoms with E-state index < -0.39 is 11.7 Å². The molecule has 0 aliphatic carbocycles. The van der Waals surface area contributed by atoms with Crippen LogP contribution in [0.2, 0.25) is 0 Å². The number of hydrogen-bond donors (Lipinski definition) is 1. The smallest absolute Gasteiger partial charge is 0.416 e. The van der Waals surface area contributed by atoms with Gasteiger partial charge in [-0.25, -0.2) is 0 Å². The monoisotopic (exact) mass is 394 g/mol. The molecule has 0 fully saturated rings. The van der Waals surface area contributed by atoms with Crippen LogP contribution in [0.3, 0.4) is 0 Å². The number of nitrogens with one attached hydrogen (secondary N) is 1. The van der Waals surface area contributed by atoms with Crippen LogP contribution in [0.15, 0.2) is 42.5 Å². The number of anilines is 2. The molecule has 0 bridgehead atoms. The number of methoxy groups -OCH3 is 1. The van der Waals surface area contributed by atoms with Crippen LogP contribution in [0, 0.1) is 6.92 Å². The lowest BCUT2D eigenvalue weighted by Crippen LogP contribution is -2.32. The number of amides is 2. The standard InChI is InChI=1S/C20H21F3N2O3/c1-13-4-9-18(28-3)17(12-13)24-19(27)10-11-25(14(2)26)16-7-5-15(6-8-16)20(21,22)23/h4-9,12H,10-11H2,1-3H3,(H,24,27). The summed E-state index contributed by atoms with van der Waals surface area (Å²) in [6.07, 6.45) is -4.48. The summed E-state index contributed by atoms with van der Waals surface area (Å²) in [4.78, 5) is 25.4. The van der Waals surface area contributed by atoms with E-state index in [2.05, 4.69) is 5.32 Å². The Morgan fingerprint density at radius 1 is 1.11 bits per heavy atom. The van der Waals surface area contributed by atoms with E-state index in [1.807, 2.05) is 13.0 Å². The molecule has 0 heterocycles. The van der Waals surface area contributed by atoms with Crippen molar-refractivity contribution in [2.45, 2.75) is 26.4 Å². The van der Waals surface area contributed by atoms with Gasteiger partial charge in [0.2, 0.25) is 11.8 Å². The Balaban J connectivity index is 2.06. The SMILES string of the molecule is COc1ccc(C)cc1NC(=O)CCN(C(C)=O)c1ccc(C(F)(F)F)cc1. The lowest BCUT2D eigenvalue weighted by atomic mass is 10.1. The minimum atomic E-state index is -4.45. The second-order valence-electron chi connectivity index (χ2n) is 6.22. The first-order valence-electron chi connectivity index (χ1n) is 8.51. The zero-order valence-corrected chi connectivity index (χ0v) is 15.8. The van der Waals surface area contributed by atoms with Gasteiger partial charge < -0.3 is 15.0 Å². The number of alkyl halides is 3. The molecule has 0 atom stereocenters. The van der Waals surface area contributed by atoms with E-state index in [1.165, 1.54) is 31.1 Å². The Kier molecular flexibility index (Phi) is 6.66. The molecular weight excluding hydrogens is 373 g/mol. The van der Waals surface area contributed by atoms with Crippen LogP contribution in [0.5, 0.6) is 5.75 Å². The number of halogens is 3. The molecule has 8 heteroatoms. The van der Waals surface area contributed by atoms with Gasteiger partial charge in [-0.2, -0.15) is 13.2 Å². The number of nitrogens with zero attached hydrogens (tertiary/aromatic N) is 1. The number of carbonyl (C=O) groups is 2. The third-order valence-corrected chi connectivity index (χ3v) is 4.08. The van der Waals surface area contributed by atoms with Crippen molar-refractivity contribution in [1.29, 1.82) is 0 Å². The topological polar surface area (TPSA) is 58.6 Å². The zero-order valence-electron chi connectivity index (χ0n) is 15.8. The van der Waals surface area contributed by atoms with Gasteiger partial charge in [0.15, 0.2) is 0 Å². The molecule has 0 aromatic heterocycles. The Labute approximate surface area is 161 Å². The molecule has 2 rings (SSSR count). The maximum Gasteiger partial charge on any atom is 0.416 e. The van der Waals surface area contributed by atoms with Crippen LogP contribution in [0.4, 0.5) is 24.5 Å². The van der Waals surface area contributed by atoms with Crippen molar-refractivity contribution in [2.24, 2.45) is 0 Å². The molecule has 5 nitrogen and oxygen atoms in total. The van der Waals surface area contributed by atoms with Gasteiger partial charge >= 0.3 is 6.18 Å². The van der Waals surface area contributed by atoms with Crippen LogP contribution < -0.4 is 15.0 Å². The summed E-state index contributed by atoms with van der Waals surface area (Å²) in [5.41, 5.74) is 0.938. The van der Waals surface area contributed by atoms with Crippen LogP contribution in [-0.4, -0.2) is 25.5 Å². The van der Waals surface area contributed by atoms with E-state index in [9.17, 15) is 22.8 Å². The van der Waals surface area contributed by atoms with Crippen molar-refractivity contribution >= 4 is 23.2 Å². The molecule has 0 aliphatic rings. The van der Waals surface area contributed by atoms with Crippen LogP contribution in [-0.2, 0) is 15.8 Å². The predicted octanol–water partition coefficient (Wildman–Crippen LogP) is 4.40. The fraction of sp³-hybridized carbons (Fsp3) is 0.300. The van der Waals surface area contributed by atoms with Crippen molar-refractivity contribution in [2.75, 3.05) is 23.9 Å². The van der Waals surface area contributed by atoms with Crippen LogP contribution in [0.1, 0.15) is 24.5 Å². The molecule has 2 aromatic carbocycles. The first-order chi connectivity index (χ1) is 13.1. The normalized spacial score (nSPS) is 11.1. The number of carbonyl (C=O) groups excluding carboxylic acids is 2. The molecule has 1 N–H and O–H groups in total. The van der Waals surface area contributed by atoms with Crippen LogP contribution >= 0.6 is 0 Å². The molecule has 0 spiro atoms. The minimum absolute atomic E-state index is 0.0284. The van der Waals surface area contributed by atoms with Gasteiger partial charge in [0, 0.05) is 25.6 Å². The van der Waals surface area contributed by atoms with E-state index in [-0.39, 0.29) is 24.8 Å². The number of benzene rings is 2. The highest BCUT2D eigenvalue weighted by Crippen LogP contribution is 2.30. The fourth-order valence-corrected chi connectivity index (χ4v) is 2.64. The molecule has 0 saturated carbocycles.